The van der Waals surface area contributed by atoms with E-state index in [2.05, 4.69) is 39.5 Å². The van der Waals surface area contributed by atoms with Crippen LogP contribution in [0.25, 0.3) is 0 Å². The monoisotopic (exact) mass is 209 g/mol. The van der Waals surface area contributed by atoms with Gasteiger partial charge in [-0.1, -0.05) is 13.8 Å². The number of hydrogen-bond donors (Lipinski definition) is 0. The highest BCUT2D eigenvalue weighted by atomic mass is 32.2. The van der Waals surface area contributed by atoms with E-state index in [1.165, 1.54) is 24.3 Å². The average Bonchev–Trinajstić information content (AvgIpc) is 2.61. The lowest BCUT2D eigenvalue weighted by molar-refractivity contribution is 0.118. The maximum absolute atomic E-state index is 4.99. The van der Waals surface area contributed by atoms with E-state index in [-0.39, 0.29) is 5.54 Å². The fourth-order valence-corrected chi connectivity index (χ4v) is 5.92. The van der Waals surface area contributed by atoms with Crippen LogP contribution in [0.5, 0.6) is 0 Å². The quantitative estimate of drug-likeness (QED) is 0.595. The van der Waals surface area contributed by atoms with Crippen molar-refractivity contribution >= 4 is 16.8 Å². The minimum Gasteiger partial charge on any atom is -0.275 e. The zero-order chi connectivity index (χ0) is 10.2. The summed E-state index contributed by atoms with van der Waals surface area (Å²) in [5, 5.41) is 1.32. The van der Waals surface area contributed by atoms with Crippen LogP contribution in [0.2, 0.25) is 0 Å². The first-order valence-electron chi connectivity index (χ1n) is 5.67. The zero-order valence-electron chi connectivity index (χ0n) is 9.55. The topological polar surface area (TPSA) is 12.4 Å². The molecule has 3 rings (SSSR count). The van der Waals surface area contributed by atoms with Crippen molar-refractivity contribution in [2.45, 2.75) is 57.2 Å². The summed E-state index contributed by atoms with van der Waals surface area (Å²) in [4.78, 5) is 4.99. The summed E-state index contributed by atoms with van der Waals surface area (Å²) in [6, 6.07) is 0. The van der Waals surface area contributed by atoms with Gasteiger partial charge < -0.3 is 0 Å². The SMILES string of the molecule is CC1=N[C@@]2(C)C(C)(C)[C@@H]3CC[C@]2(C3)S1. The van der Waals surface area contributed by atoms with Gasteiger partial charge in [0, 0.05) is 4.75 Å². The highest BCUT2D eigenvalue weighted by Gasteiger charge is 2.71. The van der Waals surface area contributed by atoms with E-state index in [0.29, 0.717) is 10.2 Å². The van der Waals surface area contributed by atoms with Crippen LogP contribution in [-0.2, 0) is 0 Å². The van der Waals surface area contributed by atoms with E-state index >= 15 is 0 Å². The number of thioether (sulfide) groups is 1. The predicted octanol–water partition coefficient (Wildman–Crippen LogP) is 3.49. The Morgan fingerprint density at radius 3 is 2.71 bits per heavy atom. The Hall–Kier alpha value is 0.0200. The van der Waals surface area contributed by atoms with Gasteiger partial charge in [0.15, 0.2) is 0 Å². The number of nitrogens with zero attached hydrogens (tertiary/aromatic N) is 1. The molecule has 0 unspecified atom stereocenters. The van der Waals surface area contributed by atoms with Crippen molar-refractivity contribution in [1.29, 1.82) is 0 Å². The van der Waals surface area contributed by atoms with Crippen LogP contribution in [0.3, 0.4) is 0 Å². The number of rotatable bonds is 0. The Morgan fingerprint density at radius 2 is 2.07 bits per heavy atom. The molecule has 78 valence electrons. The van der Waals surface area contributed by atoms with E-state index < -0.39 is 0 Å². The predicted molar refractivity (Wildman–Crippen MR) is 63.0 cm³/mol. The first-order valence-corrected chi connectivity index (χ1v) is 6.48. The smallest absolute Gasteiger partial charge is 0.0792 e. The summed E-state index contributed by atoms with van der Waals surface area (Å²) in [6.45, 7) is 9.45. The zero-order valence-corrected chi connectivity index (χ0v) is 10.4. The third-order valence-corrected chi connectivity index (χ3v) is 6.91. The molecule has 2 saturated carbocycles. The van der Waals surface area contributed by atoms with Gasteiger partial charge >= 0.3 is 0 Å². The second kappa shape index (κ2) is 2.23. The molecule has 0 amide bonds. The third kappa shape index (κ3) is 0.720. The van der Waals surface area contributed by atoms with Crippen LogP contribution in [0.15, 0.2) is 4.99 Å². The molecule has 1 nitrogen and oxygen atoms in total. The molecule has 1 spiro atoms. The molecule has 3 aliphatic rings. The highest BCUT2D eigenvalue weighted by Crippen LogP contribution is 2.72. The van der Waals surface area contributed by atoms with Crippen molar-refractivity contribution in [3.63, 3.8) is 0 Å². The van der Waals surface area contributed by atoms with Crippen molar-refractivity contribution in [3.8, 4) is 0 Å². The molecule has 0 radical (unpaired) electrons. The molecule has 1 heterocycles. The summed E-state index contributed by atoms with van der Waals surface area (Å²) in [6.07, 6.45) is 4.23. The Balaban J connectivity index is 2.18. The first kappa shape index (κ1) is 9.26. The molecular formula is C12H19NS. The number of fused-ring (bicyclic) bond motifs is 1. The van der Waals surface area contributed by atoms with Crippen molar-refractivity contribution < 1.29 is 0 Å². The number of aliphatic imine (C=N–C) groups is 1. The Kier molecular flexibility index (Phi) is 1.48. The van der Waals surface area contributed by atoms with Gasteiger partial charge in [-0.3, -0.25) is 4.99 Å². The minimum absolute atomic E-state index is 0.220. The molecule has 2 bridgehead atoms. The van der Waals surface area contributed by atoms with Gasteiger partial charge in [0.1, 0.15) is 0 Å². The lowest BCUT2D eigenvalue weighted by atomic mass is 9.64. The van der Waals surface area contributed by atoms with Crippen LogP contribution >= 0.6 is 11.8 Å². The second-order valence-electron chi connectivity index (χ2n) is 5.96. The molecule has 2 fully saturated rings. The normalized spacial score (nSPS) is 53.4. The van der Waals surface area contributed by atoms with Gasteiger partial charge in [0.2, 0.25) is 0 Å². The van der Waals surface area contributed by atoms with Gasteiger partial charge in [-0.05, 0) is 44.4 Å². The van der Waals surface area contributed by atoms with E-state index in [1.54, 1.807) is 0 Å². The van der Waals surface area contributed by atoms with Crippen molar-refractivity contribution in [3.05, 3.63) is 0 Å². The van der Waals surface area contributed by atoms with Crippen molar-refractivity contribution in [2.75, 3.05) is 0 Å². The average molecular weight is 209 g/mol. The second-order valence-corrected chi connectivity index (χ2v) is 7.54. The van der Waals surface area contributed by atoms with Gasteiger partial charge in [-0.15, -0.1) is 11.8 Å². The largest absolute Gasteiger partial charge is 0.275 e. The minimum atomic E-state index is 0.220. The van der Waals surface area contributed by atoms with Gasteiger partial charge in [-0.25, -0.2) is 0 Å². The first-order chi connectivity index (χ1) is 6.41. The Morgan fingerprint density at radius 1 is 1.36 bits per heavy atom. The lowest BCUT2D eigenvalue weighted by Crippen LogP contribution is -2.51. The van der Waals surface area contributed by atoms with Gasteiger partial charge in [0.05, 0.1) is 10.6 Å². The summed E-state index contributed by atoms with van der Waals surface area (Å²) in [7, 11) is 0. The summed E-state index contributed by atoms with van der Waals surface area (Å²) in [5.41, 5.74) is 0.633. The third-order valence-electron chi connectivity index (χ3n) is 5.36. The van der Waals surface area contributed by atoms with E-state index in [9.17, 15) is 0 Å². The van der Waals surface area contributed by atoms with Gasteiger partial charge in [-0.2, -0.15) is 0 Å². The fourth-order valence-electron chi connectivity index (χ4n) is 4.11. The molecule has 2 heteroatoms. The van der Waals surface area contributed by atoms with Gasteiger partial charge in [0.25, 0.3) is 0 Å². The molecule has 1 aliphatic heterocycles. The van der Waals surface area contributed by atoms with E-state index in [4.69, 9.17) is 4.99 Å². The molecule has 0 N–H and O–H groups in total. The van der Waals surface area contributed by atoms with Crippen LogP contribution in [0.4, 0.5) is 0 Å². The van der Waals surface area contributed by atoms with Crippen molar-refractivity contribution in [2.24, 2.45) is 16.3 Å². The molecule has 14 heavy (non-hydrogen) atoms. The lowest BCUT2D eigenvalue weighted by Gasteiger charge is -2.47. The van der Waals surface area contributed by atoms with Crippen molar-refractivity contribution in [1.82, 2.24) is 0 Å². The molecule has 3 atom stereocenters. The summed E-state index contributed by atoms with van der Waals surface area (Å²) >= 11 is 2.08. The molecule has 0 aromatic carbocycles. The van der Waals surface area contributed by atoms with Crippen LogP contribution in [-0.4, -0.2) is 15.3 Å². The molecule has 2 aliphatic carbocycles. The fraction of sp³-hybridized carbons (Fsp3) is 0.917. The summed E-state index contributed by atoms with van der Waals surface area (Å²) < 4.78 is 0.477. The molecule has 0 aromatic heterocycles. The van der Waals surface area contributed by atoms with E-state index in [0.717, 1.165) is 5.92 Å². The number of hydrogen-bond acceptors (Lipinski definition) is 2. The Bertz CT molecular complexity index is 333. The molecule has 0 saturated heterocycles. The Labute approximate surface area is 90.8 Å². The molecular weight excluding hydrogens is 190 g/mol. The molecule has 0 aromatic rings. The maximum atomic E-state index is 4.99. The maximum Gasteiger partial charge on any atom is 0.0792 e. The highest BCUT2D eigenvalue weighted by molar-refractivity contribution is 8.15. The van der Waals surface area contributed by atoms with Crippen LogP contribution in [0.1, 0.15) is 47.0 Å². The van der Waals surface area contributed by atoms with E-state index in [1.807, 2.05) is 0 Å². The van der Waals surface area contributed by atoms with Crippen LogP contribution < -0.4 is 0 Å². The standard InChI is InChI=1S/C12H19NS/c1-8-13-11(4)10(2,3)9-5-6-12(11,7-9)14-8/h9H,5-7H2,1-4H3/t9-,11+,12-/m1/s1. The van der Waals surface area contributed by atoms with Crippen LogP contribution in [0, 0.1) is 11.3 Å². The summed E-state index contributed by atoms with van der Waals surface area (Å²) in [5.74, 6) is 0.914.